The van der Waals surface area contributed by atoms with Crippen LogP contribution < -0.4 is 5.32 Å². The number of hydrogen-bond donors (Lipinski definition) is 2. The molecule has 0 radical (unpaired) electrons. The minimum absolute atomic E-state index is 0.276. The Morgan fingerprint density at radius 1 is 1.16 bits per heavy atom. The molecule has 0 atom stereocenters. The Morgan fingerprint density at radius 3 is 2.74 bits per heavy atom. The summed E-state index contributed by atoms with van der Waals surface area (Å²) < 4.78 is 5.49. The van der Waals surface area contributed by atoms with Crippen LogP contribution in [0, 0.1) is 6.92 Å². The maximum atomic E-state index is 9.24. The second kappa shape index (κ2) is 4.65. The standard InChI is InChI=1S/C15H14N2O2/c1-10-17-15-13(3-2-4-14(15)19-10)16-9-11-5-7-12(18)8-6-11/h2-8,16,18H,9H2,1H3. The zero-order valence-corrected chi connectivity index (χ0v) is 10.6. The Bertz CT molecular complexity index is 702. The SMILES string of the molecule is Cc1nc2c(NCc3ccc(O)cc3)cccc2o1. The lowest BCUT2D eigenvalue weighted by Crippen LogP contribution is -1.99. The van der Waals surface area contributed by atoms with Gasteiger partial charge in [0.2, 0.25) is 0 Å². The fraction of sp³-hybridized carbons (Fsp3) is 0.133. The molecule has 0 bridgehead atoms. The van der Waals surface area contributed by atoms with Gasteiger partial charge in [0.1, 0.15) is 11.3 Å². The molecule has 4 heteroatoms. The van der Waals surface area contributed by atoms with E-state index in [0.717, 1.165) is 22.4 Å². The molecule has 0 saturated carbocycles. The van der Waals surface area contributed by atoms with Crippen molar-refractivity contribution in [1.82, 2.24) is 4.98 Å². The van der Waals surface area contributed by atoms with Crippen LogP contribution in [0.5, 0.6) is 5.75 Å². The molecule has 0 saturated heterocycles. The van der Waals surface area contributed by atoms with E-state index in [9.17, 15) is 5.11 Å². The summed E-state index contributed by atoms with van der Waals surface area (Å²) in [6.45, 7) is 2.51. The van der Waals surface area contributed by atoms with Crippen LogP contribution >= 0.6 is 0 Å². The van der Waals surface area contributed by atoms with Crippen LogP contribution in [-0.4, -0.2) is 10.1 Å². The van der Waals surface area contributed by atoms with Gasteiger partial charge in [-0.25, -0.2) is 4.98 Å². The van der Waals surface area contributed by atoms with E-state index in [1.165, 1.54) is 0 Å². The van der Waals surface area contributed by atoms with Gasteiger partial charge in [-0.2, -0.15) is 0 Å². The molecule has 0 fully saturated rings. The lowest BCUT2D eigenvalue weighted by molar-refractivity contribution is 0.475. The van der Waals surface area contributed by atoms with E-state index in [-0.39, 0.29) is 5.75 Å². The molecule has 0 aliphatic carbocycles. The highest BCUT2D eigenvalue weighted by Crippen LogP contribution is 2.24. The number of phenolic OH excluding ortho intramolecular Hbond substituents is 1. The van der Waals surface area contributed by atoms with Crippen molar-refractivity contribution in [2.24, 2.45) is 0 Å². The quantitative estimate of drug-likeness (QED) is 0.751. The number of hydrogen-bond acceptors (Lipinski definition) is 4. The molecule has 0 aliphatic rings. The minimum atomic E-state index is 0.276. The molecule has 3 rings (SSSR count). The van der Waals surface area contributed by atoms with Crippen molar-refractivity contribution >= 4 is 16.8 Å². The highest BCUT2D eigenvalue weighted by molar-refractivity contribution is 5.86. The maximum Gasteiger partial charge on any atom is 0.192 e. The monoisotopic (exact) mass is 254 g/mol. The van der Waals surface area contributed by atoms with E-state index < -0.39 is 0 Å². The van der Waals surface area contributed by atoms with Crippen molar-refractivity contribution in [2.45, 2.75) is 13.5 Å². The smallest absolute Gasteiger partial charge is 0.192 e. The predicted octanol–water partition coefficient (Wildman–Crippen LogP) is 3.45. The average molecular weight is 254 g/mol. The molecule has 0 aliphatic heterocycles. The third kappa shape index (κ3) is 2.38. The number of benzene rings is 2. The first-order valence-corrected chi connectivity index (χ1v) is 6.10. The molecule has 1 heterocycles. The summed E-state index contributed by atoms with van der Waals surface area (Å²) >= 11 is 0. The van der Waals surface area contributed by atoms with E-state index in [1.54, 1.807) is 12.1 Å². The highest BCUT2D eigenvalue weighted by Gasteiger charge is 2.06. The summed E-state index contributed by atoms with van der Waals surface area (Å²) in [5.41, 5.74) is 3.67. The van der Waals surface area contributed by atoms with Crippen molar-refractivity contribution in [2.75, 3.05) is 5.32 Å². The van der Waals surface area contributed by atoms with Crippen LogP contribution in [0.2, 0.25) is 0 Å². The number of aromatic nitrogens is 1. The third-order valence-electron chi connectivity index (χ3n) is 2.95. The van der Waals surface area contributed by atoms with Gasteiger partial charge in [0.15, 0.2) is 11.5 Å². The summed E-state index contributed by atoms with van der Waals surface area (Å²) in [5.74, 6) is 0.937. The highest BCUT2D eigenvalue weighted by atomic mass is 16.3. The van der Waals surface area contributed by atoms with Crippen molar-refractivity contribution in [3.8, 4) is 5.75 Å². The summed E-state index contributed by atoms with van der Waals surface area (Å²) in [5, 5.41) is 12.6. The second-order valence-electron chi connectivity index (χ2n) is 4.41. The van der Waals surface area contributed by atoms with Gasteiger partial charge in [0.25, 0.3) is 0 Å². The molecule has 4 nitrogen and oxygen atoms in total. The lowest BCUT2D eigenvalue weighted by Gasteiger charge is -2.06. The lowest BCUT2D eigenvalue weighted by atomic mass is 10.2. The Kier molecular flexibility index (Phi) is 2.83. The van der Waals surface area contributed by atoms with Gasteiger partial charge in [-0.3, -0.25) is 0 Å². The number of aryl methyl sites for hydroxylation is 1. The number of oxazole rings is 1. The normalized spacial score (nSPS) is 10.8. The van der Waals surface area contributed by atoms with Gasteiger partial charge in [-0.05, 0) is 29.8 Å². The van der Waals surface area contributed by atoms with Crippen molar-refractivity contribution < 1.29 is 9.52 Å². The van der Waals surface area contributed by atoms with Gasteiger partial charge in [-0.1, -0.05) is 18.2 Å². The number of aromatic hydroxyl groups is 1. The largest absolute Gasteiger partial charge is 0.508 e. The number of rotatable bonds is 3. The third-order valence-corrected chi connectivity index (χ3v) is 2.95. The van der Waals surface area contributed by atoms with Gasteiger partial charge in [0.05, 0.1) is 5.69 Å². The fourth-order valence-electron chi connectivity index (χ4n) is 2.01. The average Bonchev–Trinajstić information content (AvgIpc) is 2.79. The van der Waals surface area contributed by atoms with E-state index in [1.807, 2.05) is 37.3 Å². The number of nitrogens with one attached hydrogen (secondary N) is 1. The van der Waals surface area contributed by atoms with E-state index in [2.05, 4.69) is 10.3 Å². The molecule has 19 heavy (non-hydrogen) atoms. The zero-order valence-electron chi connectivity index (χ0n) is 10.6. The molecule has 2 N–H and O–H groups in total. The van der Waals surface area contributed by atoms with E-state index in [4.69, 9.17) is 4.42 Å². The topological polar surface area (TPSA) is 58.3 Å². The Balaban J connectivity index is 1.83. The summed E-state index contributed by atoms with van der Waals surface area (Å²) in [7, 11) is 0. The molecule has 1 aromatic heterocycles. The molecule has 2 aromatic carbocycles. The molecule has 0 unspecified atom stereocenters. The minimum Gasteiger partial charge on any atom is -0.508 e. The van der Waals surface area contributed by atoms with Crippen molar-refractivity contribution in [3.05, 3.63) is 53.9 Å². The number of nitrogens with zero attached hydrogens (tertiary/aromatic N) is 1. The summed E-state index contributed by atoms with van der Waals surface area (Å²) in [6, 6.07) is 12.9. The van der Waals surface area contributed by atoms with Crippen LogP contribution in [0.3, 0.4) is 0 Å². The maximum absolute atomic E-state index is 9.24. The Morgan fingerprint density at radius 2 is 1.95 bits per heavy atom. The van der Waals surface area contributed by atoms with Crippen molar-refractivity contribution in [3.63, 3.8) is 0 Å². The van der Waals surface area contributed by atoms with Crippen LogP contribution in [0.25, 0.3) is 11.1 Å². The Labute approximate surface area is 110 Å². The first-order chi connectivity index (χ1) is 9.22. The zero-order chi connectivity index (χ0) is 13.2. The van der Waals surface area contributed by atoms with Crippen LogP contribution in [0.4, 0.5) is 5.69 Å². The first kappa shape index (κ1) is 11.6. The number of fused-ring (bicyclic) bond motifs is 1. The van der Waals surface area contributed by atoms with Gasteiger partial charge in [0, 0.05) is 13.5 Å². The number of phenols is 1. The predicted molar refractivity (Wildman–Crippen MR) is 74.2 cm³/mol. The molecule has 3 aromatic rings. The molecule has 0 amide bonds. The molecular weight excluding hydrogens is 240 g/mol. The summed E-state index contributed by atoms with van der Waals surface area (Å²) in [4.78, 5) is 4.37. The van der Waals surface area contributed by atoms with Crippen molar-refractivity contribution in [1.29, 1.82) is 0 Å². The molecule has 96 valence electrons. The van der Waals surface area contributed by atoms with Gasteiger partial charge in [-0.15, -0.1) is 0 Å². The number of anilines is 1. The van der Waals surface area contributed by atoms with Crippen LogP contribution in [-0.2, 0) is 6.54 Å². The number of para-hydroxylation sites is 1. The van der Waals surface area contributed by atoms with Crippen LogP contribution in [0.1, 0.15) is 11.5 Å². The summed E-state index contributed by atoms with van der Waals surface area (Å²) in [6.07, 6.45) is 0. The van der Waals surface area contributed by atoms with Crippen LogP contribution in [0.15, 0.2) is 46.9 Å². The Hall–Kier alpha value is -2.49. The van der Waals surface area contributed by atoms with E-state index in [0.29, 0.717) is 12.4 Å². The van der Waals surface area contributed by atoms with Gasteiger partial charge < -0.3 is 14.8 Å². The van der Waals surface area contributed by atoms with Gasteiger partial charge >= 0.3 is 0 Å². The fourth-order valence-corrected chi connectivity index (χ4v) is 2.01. The first-order valence-electron chi connectivity index (χ1n) is 6.10. The second-order valence-corrected chi connectivity index (χ2v) is 4.41. The molecule has 0 spiro atoms. The van der Waals surface area contributed by atoms with E-state index >= 15 is 0 Å². The molecular formula is C15H14N2O2.